The summed E-state index contributed by atoms with van der Waals surface area (Å²) >= 11 is 5.19. The number of hydrogen-bond donors (Lipinski definition) is 4. The highest BCUT2D eigenvalue weighted by Gasteiger charge is 2.08. The molecule has 8 heteroatoms. The van der Waals surface area contributed by atoms with Crippen LogP contribution in [-0.4, -0.2) is 26.5 Å². The molecule has 2 aromatic rings. The number of phenolic OH excluding ortho intramolecular Hbond substituents is 2. The van der Waals surface area contributed by atoms with E-state index >= 15 is 0 Å². The molecule has 0 aliphatic carbocycles. The predicted octanol–water partition coefficient (Wildman–Crippen LogP) is 2.34. The summed E-state index contributed by atoms with van der Waals surface area (Å²) in [6.45, 7) is 0.255. The van der Waals surface area contributed by atoms with Crippen molar-refractivity contribution in [1.82, 2.24) is 5.43 Å². The lowest BCUT2D eigenvalue weighted by Crippen LogP contribution is -2.27. The van der Waals surface area contributed by atoms with Gasteiger partial charge in [-0.2, -0.15) is 0 Å². The molecule has 0 unspecified atom stereocenters. The first kappa shape index (κ1) is 15.7. The summed E-state index contributed by atoms with van der Waals surface area (Å²) in [7, 11) is 0. The van der Waals surface area contributed by atoms with Crippen LogP contribution in [0.5, 0.6) is 11.5 Å². The summed E-state index contributed by atoms with van der Waals surface area (Å²) in [6, 6.07) is 10.1. The minimum atomic E-state index is -0.472. The molecule has 0 fully saturated rings. The fourth-order valence-corrected chi connectivity index (χ4v) is 1.99. The number of phenols is 2. The fourth-order valence-electron chi connectivity index (χ4n) is 1.74. The van der Waals surface area contributed by atoms with E-state index in [9.17, 15) is 20.3 Å². The molecule has 114 valence electrons. The Morgan fingerprint density at radius 1 is 1.18 bits per heavy atom. The monoisotopic (exact) mass is 319 g/mol. The molecule has 0 saturated heterocycles. The molecule has 2 rings (SSSR count). The molecule has 0 bridgehead atoms. The largest absolute Gasteiger partial charge is 0.508 e. The predicted molar refractivity (Wildman–Crippen MR) is 86.2 cm³/mol. The quantitative estimate of drug-likeness (QED) is 0.280. The Bertz CT molecular complexity index is 704. The van der Waals surface area contributed by atoms with Crippen molar-refractivity contribution >= 4 is 28.5 Å². The highest BCUT2D eigenvalue weighted by Crippen LogP contribution is 2.23. The number of anilines is 1. The first-order chi connectivity index (χ1) is 10.5. The van der Waals surface area contributed by atoms with Gasteiger partial charge in [-0.15, -0.1) is 0 Å². The van der Waals surface area contributed by atoms with Crippen LogP contribution in [0.4, 0.5) is 11.4 Å². The number of nitro benzene ring substituents is 1. The standard InChI is InChI=1S/C14H13N3O4S/c18-11-5-6-12(13(19)7-11)14(22)8-15-16-9-1-3-10(4-2-9)17(20)21/h1-7,15-16,18-19H,8H2. The topological polar surface area (TPSA) is 108 Å². The molecule has 0 aromatic heterocycles. The zero-order valence-electron chi connectivity index (χ0n) is 11.3. The average Bonchev–Trinajstić information content (AvgIpc) is 2.47. The summed E-state index contributed by atoms with van der Waals surface area (Å²) in [4.78, 5) is 10.5. The Morgan fingerprint density at radius 2 is 1.86 bits per heavy atom. The third-order valence-electron chi connectivity index (χ3n) is 2.84. The summed E-state index contributed by atoms with van der Waals surface area (Å²) in [5.74, 6) is -0.136. The highest BCUT2D eigenvalue weighted by molar-refractivity contribution is 7.81. The van der Waals surface area contributed by atoms with E-state index in [1.54, 1.807) is 12.1 Å². The lowest BCUT2D eigenvalue weighted by Gasteiger charge is -2.10. The Morgan fingerprint density at radius 3 is 2.45 bits per heavy atom. The smallest absolute Gasteiger partial charge is 0.269 e. The number of benzene rings is 2. The maximum atomic E-state index is 10.5. The van der Waals surface area contributed by atoms with Crippen LogP contribution in [-0.2, 0) is 0 Å². The molecular weight excluding hydrogens is 306 g/mol. The van der Waals surface area contributed by atoms with E-state index < -0.39 is 4.92 Å². The molecule has 7 nitrogen and oxygen atoms in total. The van der Waals surface area contributed by atoms with E-state index in [0.29, 0.717) is 16.1 Å². The number of nitro groups is 1. The number of hydrazine groups is 1. The van der Waals surface area contributed by atoms with E-state index in [4.69, 9.17) is 12.2 Å². The molecule has 0 saturated carbocycles. The van der Waals surface area contributed by atoms with Gasteiger partial charge in [-0.3, -0.25) is 10.1 Å². The lowest BCUT2D eigenvalue weighted by atomic mass is 10.1. The van der Waals surface area contributed by atoms with Gasteiger partial charge < -0.3 is 15.6 Å². The number of nitrogens with zero attached hydrogens (tertiary/aromatic N) is 1. The van der Waals surface area contributed by atoms with Gasteiger partial charge >= 0.3 is 0 Å². The van der Waals surface area contributed by atoms with Crippen LogP contribution in [0.15, 0.2) is 42.5 Å². The van der Waals surface area contributed by atoms with Crippen LogP contribution in [0.25, 0.3) is 0 Å². The molecule has 22 heavy (non-hydrogen) atoms. The van der Waals surface area contributed by atoms with Crippen LogP contribution >= 0.6 is 12.2 Å². The van der Waals surface area contributed by atoms with Crippen LogP contribution in [0.3, 0.4) is 0 Å². The molecular formula is C14H13N3O4S. The molecule has 2 aromatic carbocycles. The van der Waals surface area contributed by atoms with Crippen LogP contribution in [0.2, 0.25) is 0 Å². The minimum Gasteiger partial charge on any atom is -0.508 e. The molecule has 0 atom stereocenters. The molecule has 0 radical (unpaired) electrons. The number of rotatable bonds is 6. The first-order valence-corrected chi connectivity index (χ1v) is 6.66. The molecule has 0 heterocycles. The van der Waals surface area contributed by atoms with Crippen molar-refractivity contribution in [3.05, 3.63) is 58.1 Å². The molecule has 0 aliphatic heterocycles. The third-order valence-corrected chi connectivity index (χ3v) is 3.21. The summed E-state index contributed by atoms with van der Waals surface area (Å²) < 4.78 is 0. The van der Waals surface area contributed by atoms with Crippen molar-refractivity contribution in [2.24, 2.45) is 0 Å². The Kier molecular flexibility index (Phi) is 4.87. The maximum Gasteiger partial charge on any atom is 0.269 e. The van der Waals surface area contributed by atoms with Crippen LogP contribution in [0.1, 0.15) is 5.56 Å². The number of aromatic hydroxyl groups is 2. The van der Waals surface area contributed by atoms with Gasteiger partial charge in [0.05, 0.1) is 11.5 Å². The van der Waals surface area contributed by atoms with Gasteiger partial charge in [0.2, 0.25) is 0 Å². The summed E-state index contributed by atoms with van der Waals surface area (Å²) in [6.07, 6.45) is 0. The normalized spacial score (nSPS) is 10.2. The van der Waals surface area contributed by atoms with Gasteiger partial charge in [0, 0.05) is 34.3 Å². The van der Waals surface area contributed by atoms with Crippen molar-refractivity contribution in [2.45, 2.75) is 0 Å². The Labute approximate surface area is 131 Å². The van der Waals surface area contributed by atoms with E-state index in [1.807, 2.05) is 0 Å². The van der Waals surface area contributed by atoms with E-state index in [-0.39, 0.29) is 23.7 Å². The van der Waals surface area contributed by atoms with Crippen LogP contribution in [0, 0.1) is 10.1 Å². The maximum absolute atomic E-state index is 10.5. The second-order valence-corrected chi connectivity index (χ2v) is 4.90. The minimum absolute atomic E-state index is 0.00934. The van der Waals surface area contributed by atoms with E-state index in [0.717, 1.165) is 0 Å². The second kappa shape index (κ2) is 6.83. The van der Waals surface area contributed by atoms with E-state index in [1.165, 1.54) is 30.3 Å². The van der Waals surface area contributed by atoms with Crippen molar-refractivity contribution in [2.75, 3.05) is 12.0 Å². The molecule has 0 aliphatic rings. The summed E-state index contributed by atoms with van der Waals surface area (Å²) in [5.41, 5.74) is 6.81. The fraction of sp³-hybridized carbons (Fsp3) is 0.0714. The third kappa shape index (κ3) is 3.90. The highest BCUT2D eigenvalue weighted by atomic mass is 32.1. The van der Waals surface area contributed by atoms with Gasteiger partial charge in [-0.25, -0.2) is 5.43 Å². The first-order valence-electron chi connectivity index (χ1n) is 6.26. The van der Waals surface area contributed by atoms with Gasteiger partial charge in [-0.1, -0.05) is 12.2 Å². The zero-order chi connectivity index (χ0) is 16.1. The lowest BCUT2D eigenvalue weighted by molar-refractivity contribution is -0.384. The molecule has 0 amide bonds. The van der Waals surface area contributed by atoms with Gasteiger partial charge in [-0.05, 0) is 24.3 Å². The van der Waals surface area contributed by atoms with Crippen molar-refractivity contribution in [3.8, 4) is 11.5 Å². The van der Waals surface area contributed by atoms with Gasteiger partial charge in [0.25, 0.3) is 5.69 Å². The Balaban J connectivity index is 1.90. The van der Waals surface area contributed by atoms with Crippen molar-refractivity contribution in [3.63, 3.8) is 0 Å². The SMILES string of the molecule is O=[N+]([O-])c1ccc(NNCC(=S)c2ccc(O)cc2O)cc1. The zero-order valence-corrected chi connectivity index (χ0v) is 12.1. The second-order valence-electron chi connectivity index (χ2n) is 4.41. The number of nitrogens with one attached hydrogen (secondary N) is 2. The Hall–Kier alpha value is -2.71. The van der Waals surface area contributed by atoms with Gasteiger partial charge in [0.15, 0.2) is 0 Å². The van der Waals surface area contributed by atoms with Crippen LogP contribution < -0.4 is 10.9 Å². The van der Waals surface area contributed by atoms with Crippen molar-refractivity contribution < 1.29 is 15.1 Å². The molecule has 4 N–H and O–H groups in total. The summed E-state index contributed by atoms with van der Waals surface area (Å²) in [5, 5.41) is 29.5. The van der Waals surface area contributed by atoms with Crippen molar-refractivity contribution in [1.29, 1.82) is 0 Å². The number of non-ortho nitro benzene ring substituents is 1. The molecule has 0 spiro atoms. The number of hydrogen-bond acceptors (Lipinski definition) is 7. The van der Waals surface area contributed by atoms with Gasteiger partial charge in [0.1, 0.15) is 11.5 Å². The average molecular weight is 319 g/mol. The van der Waals surface area contributed by atoms with E-state index in [2.05, 4.69) is 10.9 Å². The number of thiocarbonyl (C=S) groups is 1.